The van der Waals surface area contributed by atoms with Gasteiger partial charge in [0.2, 0.25) is 5.89 Å². The summed E-state index contributed by atoms with van der Waals surface area (Å²) in [7, 11) is 0. The second-order valence-corrected chi connectivity index (χ2v) is 7.78. The number of nitrogens with one attached hydrogen (secondary N) is 1. The van der Waals surface area contributed by atoms with Gasteiger partial charge in [-0.05, 0) is 44.7 Å². The lowest BCUT2D eigenvalue weighted by Crippen LogP contribution is -2.38. The molecule has 144 valence electrons. The normalized spacial score (nSPS) is 21.6. The van der Waals surface area contributed by atoms with Crippen molar-refractivity contribution in [3.8, 4) is 0 Å². The average Bonchev–Trinajstić information content (AvgIpc) is 3.23. The van der Waals surface area contributed by atoms with Gasteiger partial charge in [-0.2, -0.15) is 4.98 Å². The van der Waals surface area contributed by atoms with Crippen LogP contribution in [0.5, 0.6) is 0 Å². The van der Waals surface area contributed by atoms with Crippen molar-refractivity contribution in [3.05, 3.63) is 41.0 Å². The highest BCUT2D eigenvalue weighted by atomic mass is 16.5. The number of amides is 2. The Bertz CT molecular complexity index is 821. The van der Waals surface area contributed by atoms with Gasteiger partial charge in [-0.1, -0.05) is 23.4 Å². The van der Waals surface area contributed by atoms with Crippen molar-refractivity contribution in [3.63, 3.8) is 0 Å². The number of ether oxygens (including phenoxy) is 1. The summed E-state index contributed by atoms with van der Waals surface area (Å²) in [5.41, 5.74) is 2.95. The van der Waals surface area contributed by atoms with Gasteiger partial charge < -0.3 is 19.5 Å². The average molecular weight is 370 g/mol. The van der Waals surface area contributed by atoms with E-state index < -0.39 is 0 Å². The van der Waals surface area contributed by atoms with Gasteiger partial charge in [0.05, 0.1) is 5.92 Å². The lowest BCUT2D eigenvalue weighted by Gasteiger charge is -2.36. The highest BCUT2D eigenvalue weighted by molar-refractivity contribution is 5.91. The van der Waals surface area contributed by atoms with Crippen molar-refractivity contribution in [2.24, 2.45) is 5.41 Å². The van der Waals surface area contributed by atoms with Crippen molar-refractivity contribution in [2.75, 3.05) is 31.6 Å². The van der Waals surface area contributed by atoms with Gasteiger partial charge in [0, 0.05) is 37.4 Å². The molecule has 1 aromatic carbocycles. The Hall–Kier alpha value is -2.41. The standard InChI is InChI=1S/C20H26N4O3/c1-13-5-4-6-14(2)17(13)22-19(25)24-11-16(18-21-15(3)23-27-18)20(12-24)7-9-26-10-8-20/h4-6,16H,7-12H2,1-3H3,(H,22,25)/t16-/m0/s1. The van der Waals surface area contributed by atoms with Crippen LogP contribution in [0, 0.1) is 26.2 Å². The van der Waals surface area contributed by atoms with Crippen molar-refractivity contribution >= 4 is 11.7 Å². The third kappa shape index (κ3) is 3.32. The van der Waals surface area contributed by atoms with Gasteiger partial charge in [0.15, 0.2) is 5.82 Å². The zero-order chi connectivity index (χ0) is 19.0. The highest BCUT2D eigenvalue weighted by Gasteiger charge is 2.51. The topological polar surface area (TPSA) is 80.5 Å². The molecule has 2 fully saturated rings. The molecule has 2 amide bonds. The van der Waals surface area contributed by atoms with Crippen LogP contribution < -0.4 is 5.32 Å². The minimum atomic E-state index is -0.0722. The number of carbonyl (C=O) groups is 1. The van der Waals surface area contributed by atoms with Crippen LogP contribution in [-0.2, 0) is 4.74 Å². The number of anilines is 1. The van der Waals surface area contributed by atoms with Gasteiger partial charge in [-0.25, -0.2) is 4.79 Å². The van der Waals surface area contributed by atoms with Crippen molar-refractivity contribution in [2.45, 2.75) is 39.5 Å². The van der Waals surface area contributed by atoms with Crippen LogP contribution in [0.25, 0.3) is 0 Å². The Morgan fingerprint density at radius 1 is 1.22 bits per heavy atom. The number of carbonyl (C=O) groups excluding carboxylic acids is 1. The molecule has 0 bridgehead atoms. The summed E-state index contributed by atoms with van der Waals surface area (Å²) < 4.78 is 11.1. The zero-order valence-corrected chi connectivity index (χ0v) is 16.1. The predicted molar refractivity (Wildman–Crippen MR) is 101 cm³/mol. The first kappa shape index (κ1) is 18.0. The van der Waals surface area contributed by atoms with E-state index in [9.17, 15) is 4.79 Å². The summed E-state index contributed by atoms with van der Waals surface area (Å²) in [5.74, 6) is 1.31. The molecule has 1 spiro atoms. The van der Waals surface area contributed by atoms with Crippen molar-refractivity contribution in [1.29, 1.82) is 0 Å². The molecule has 1 N–H and O–H groups in total. The van der Waals surface area contributed by atoms with E-state index >= 15 is 0 Å². The molecular formula is C20H26N4O3. The van der Waals surface area contributed by atoms with Crippen LogP contribution in [0.1, 0.15) is 41.6 Å². The molecule has 0 saturated carbocycles. The molecule has 1 atom stereocenters. The van der Waals surface area contributed by atoms with Gasteiger partial charge in [0.25, 0.3) is 0 Å². The van der Waals surface area contributed by atoms with Crippen LogP contribution in [0.15, 0.2) is 22.7 Å². The van der Waals surface area contributed by atoms with Crippen molar-refractivity contribution in [1.82, 2.24) is 15.0 Å². The van der Waals surface area contributed by atoms with Crippen LogP contribution in [0.2, 0.25) is 0 Å². The van der Waals surface area contributed by atoms with E-state index in [-0.39, 0.29) is 17.4 Å². The smallest absolute Gasteiger partial charge is 0.321 e. The second kappa shape index (κ2) is 6.96. The Labute approximate surface area is 159 Å². The lowest BCUT2D eigenvalue weighted by atomic mass is 9.72. The number of hydrogen-bond donors (Lipinski definition) is 1. The van der Waals surface area contributed by atoms with E-state index in [2.05, 4.69) is 15.5 Å². The third-order valence-electron chi connectivity index (χ3n) is 5.98. The first-order chi connectivity index (χ1) is 13.0. The molecule has 2 aliphatic rings. The van der Waals surface area contributed by atoms with E-state index in [1.807, 2.05) is 43.9 Å². The Kier molecular flexibility index (Phi) is 4.63. The molecular weight excluding hydrogens is 344 g/mol. The molecule has 27 heavy (non-hydrogen) atoms. The molecule has 0 unspecified atom stereocenters. The van der Waals surface area contributed by atoms with Gasteiger partial charge in [0.1, 0.15) is 0 Å². The second-order valence-electron chi connectivity index (χ2n) is 7.78. The van der Waals surface area contributed by atoms with Crippen molar-refractivity contribution < 1.29 is 14.1 Å². The SMILES string of the molecule is Cc1noc([C@@H]2CN(C(=O)Nc3c(C)cccc3C)CC23CCOCC3)n1. The minimum Gasteiger partial charge on any atom is -0.381 e. The summed E-state index contributed by atoms with van der Waals surface area (Å²) in [6, 6.07) is 5.95. The van der Waals surface area contributed by atoms with Crippen LogP contribution in [0.4, 0.5) is 10.5 Å². The molecule has 2 saturated heterocycles. The first-order valence-corrected chi connectivity index (χ1v) is 9.49. The minimum absolute atomic E-state index is 0.0475. The molecule has 2 aliphatic heterocycles. The van der Waals surface area contributed by atoms with E-state index in [1.54, 1.807) is 0 Å². The summed E-state index contributed by atoms with van der Waals surface area (Å²) in [6.45, 7) is 8.51. The van der Waals surface area contributed by atoms with Gasteiger partial charge >= 0.3 is 6.03 Å². The largest absolute Gasteiger partial charge is 0.381 e. The number of para-hydroxylation sites is 1. The number of aryl methyl sites for hydroxylation is 3. The first-order valence-electron chi connectivity index (χ1n) is 9.49. The molecule has 3 heterocycles. The molecule has 2 aromatic rings. The summed E-state index contributed by atoms with van der Waals surface area (Å²) in [6.07, 6.45) is 1.79. The Morgan fingerprint density at radius 3 is 2.56 bits per heavy atom. The number of nitrogens with zero attached hydrogens (tertiary/aromatic N) is 3. The van der Waals surface area contributed by atoms with Crippen LogP contribution >= 0.6 is 0 Å². The number of rotatable bonds is 2. The van der Waals surface area contributed by atoms with Crippen LogP contribution in [0.3, 0.4) is 0 Å². The fourth-order valence-electron chi connectivity index (χ4n) is 4.40. The maximum Gasteiger partial charge on any atom is 0.321 e. The molecule has 4 rings (SSSR count). The molecule has 0 aliphatic carbocycles. The van der Waals surface area contributed by atoms with E-state index in [0.717, 1.165) is 29.7 Å². The number of benzene rings is 1. The molecule has 7 heteroatoms. The number of hydrogen-bond acceptors (Lipinski definition) is 5. The summed E-state index contributed by atoms with van der Waals surface area (Å²) >= 11 is 0. The molecule has 7 nitrogen and oxygen atoms in total. The number of aromatic nitrogens is 2. The lowest BCUT2D eigenvalue weighted by molar-refractivity contribution is 0.00959. The van der Waals surface area contributed by atoms with E-state index in [1.165, 1.54) is 0 Å². The van der Waals surface area contributed by atoms with E-state index in [0.29, 0.717) is 38.0 Å². The predicted octanol–water partition coefficient (Wildman–Crippen LogP) is 3.42. The Balaban J connectivity index is 1.58. The van der Waals surface area contributed by atoms with E-state index in [4.69, 9.17) is 9.26 Å². The molecule has 0 radical (unpaired) electrons. The molecule has 1 aromatic heterocycles. The summed E-state index contributed by atoms with van der Waals surface area (Å²) in [5, 5.41) is 7.07. The monoisotopic (exact) mass is 370 g/mol. The van der Waals surface area contributed by atoms with Crippen LogP contribution in [-0.4, -0.2) is 47.4 Å². The quantitative estimate of drug-likeness (QED) is 0.876. The van der Waals surface area contributed by atoms with Gasteiger partial charge in [-0.15, -0.1) is 0 Å². The number of urea groups is 1. The summed E-state index contributed by atoms with van der Waals surface area (Å²) in [4.78, 5) is 19.4. The maximum absolute atomic E-state index is 13.0. The Morgan fingerprint density at radius 2 is 1.93 bits per heavy atom. The fourth-order valence-corrected chi connectivity index (χ4v) is 4.40. The third-order valence-corrected chi connectivity index (χ3v) is 5.98. The maximum atomic E-state index is 13.0. The zero-order valence-electron chi connectivity index (χ0n) is 16.1. The highest BCUT2D eigenvalue weighted by Crippen LogP contribution is 2.49. The fraction of sp³-hybridized carbons (Fsp3) is 0.550. The number of likely N-dealkylation sites (tertiary alicyclic amines) is 1. The van der Waals surface area contributed by atoms with Gasteiger partial charge in [-0.3, -0.25) is 0 Å².